The molecule has 0 aromatic heterocycles. The van der Waals surface area contributed by atoms with Gasteiger partial charge in [-0.25, -0.2) is 0 Å². The van der Waals surface area contributed by atoms with Crippen molar-refractivity contribution in [2.75, 3.05) is 6.54 Å². The van der Waals surface area contributed by atoms with Crippen molar-refractivity contribution in [3.8, 4) is 0 Å². The number of benzene rings is 1. The van der Waals surface area contributed by atoms with Crippen molar-refractivity contribution in [2.45, 2.75) is 45.8 Å². The van der Waals surface area contributed by atoms with E-state index >= 15 is 0 Å². The summed E-state index contributed by atoms with van der Waals surface area (Å²) in [5.41, 5.74) is 8.19. The Morgan fingerprint density at radius 3 is 2.31 bits per heavy atom. The van der Waals surface area contributed by atoms with E-state index in [1.54, 1.807) is 0 Å². The molecule has 0 aliphatic carbocycles. The van der Waals surface area contributed by atoms with Crippen LogP contribution in [0.15, 0.2) is 24.3 Å². The zero-order valence-corrected chi connectivity index (χ0v) is 10.6. The van der Waals surface area contributed by atoms with E-state index in [4.69, 9.17) is 10.5 Å². The standard InChI is InChI=1S/C14H23NO/c1-4-14(5-2,11-15)16-10-13-9-7-6-8-12(13)3/h6-9H,4-5,10-11,15H2,1-3H3. The second-order valence-corrected chi connectivity index (χ2v) is 4.31. The van der Waals surface area contributed by atoms with Gasteiger partial charge in [-0.3, -0.25) is 0 Å². The fraction of sp³-hybridized carbons (Fsp3) is 0.571. The van der Waals surface area contributed by atoms with E-state index in [1.165, 1.54) is 11.1 Å². The maximum Gasteiger partial charge on any atom is 0.0803 e. The molecule has 0 bridgehead atoms. The van der Waals surface area contributed by atoms with Crippen LogP contribution in [0.4, 0.5) is 0 Å². The summed E-state index contributed by atoms with van der Waals surface area (Å²) in [5, 5.41) is 0. The molecule has 0 fully saturated rings. The molecule has 2 N–H and O–H groups in total. The van der Waals surface area contributed by atoms with Crippen LogP contribution in [0.3, 0.4) is 0 Å². The topological polar surface area (TPSA) is 35.2 Å². The van der Waals surface area contributed by atoms with E-state index < -0.39 is 0 Å². The third kappa shape index (κ3) is 3.06. The lowest BCUT2D eigenvalue weighted by Crippen LogP contribution is -2.39. The number of ether oxygens (including phenoxy) is 1. The van der Waals surface area contributed by atoms with Crippen LogP contribution in [0.5, 0.6) is 0 Å². The van der Waals surface area contributed by atoms with E-state index in [9.17, 15) is 0 Å². The van der Waals surface area contributed by atoms with Gasteiger partial charge in [-0.1, -0.05) is 38.1 Å². The zero-order valence-electron chi connectivity index (χ0n) is 10.6. The average Bonchev–Trinajstić information content (AvgIpc) is 2.34. The highest BCUT2D eigenvalue weighted by Crippen LogP contribution is 2.21. The van der Waals surface area contributed by atoms with E-state index in [0.717, 1.165) is 12.8 Å². The summed E-state index contributed by atoms with van der Waals surface area (Å²) in [6.07, 6.45) is 1.93. The second kappa shape index (κ2) is 6.02. The lowest BCUT2D eigenvalue weighted by atomic mass is 9.97. The minimum absolute atomic E-state index is 0.151. The zero-order chi connectivity index (χ0) is 12.0. The van der Waals surface area contributed by atoms with Gasteiger partial charge in [0.05, 0.1) is 12.2 Å². The molecule has 1 aromatic carbocycles. The molecule has 0 heterocycles. The molecule has 0 saturated heterocycles. The lowest BCUT2D eigenvalue weighted by molar-refractivity contribution is -0.0555. The van der Waals surface area contributed by atoms with Gasteiger partial charge >= 0.3 is 0 Å². The van der Waals surface area contributed by atoms with Gasteiger partial charge in [-0.05, 0) is 30.9 Å². The Morgan fingerprint density at radius 2 is 1.81 bits per heavy atom. The fourth-order valence-corrected chi connectivity index (χ4v) is 1.80. The third-order valence-electron chi connectivity index (χ3n) is 3.46. The molecule has 0 aliphatic rings. The molecule has 0 amide bonds. The molecule has 0 radical (unpaired) electrons. The van der Waals surface area contributed by atoms with Crippen LogP contribution in [-0.4, -0.2) is 12.1 Å². The highest BCUT2D eigenvalue weighted by Gasteiger charge is 2.24. The van der Waals surface area contributed by atoms with Gasteiger partial charge in [0, 0.05) is 6.54 Å². The Bertz CT molecular complexity index is 310. The normalized spacial score (nSPS) is 11.8. The van der Waals surface area contributed by atoms with Crippen molar-refractivity contribution in [3.63, 3.8) is 0 Å². The molecule has 0 saturated carbocycles. The smallest absolute Gasteiger partial charge is 0.0803 e. The lowest BCUT2D eigenvalue weighted by Gasteiger charge is -2.30. The predicted octanol–water partition coefficient (Wildman–Crippen LogP) is 3.03. The van der Waals surface area contributed by atoms with Crippen molar-refractivity contribution in [1.82, 2.24) is 0 Å². The molecule has 2 nitrogen and oxygen atoms in total. The van der Waals surface area contributed by atoms with Crippen LogP contribution in [-0.2, 0) is 11.3 Å². The highest BCUT2D eigenvalue weighted by molar-refractivity contribution is 5.24. The molecule has 0 spiro atoms. The summed E-state index contributed by atoms with van der Waals surface area (Å²) >= 11 is 0. The summed E-state index contributed by atoms with van der Waals surface area (Å²) in [5.74, 6) is 0. The van der Waals surface area contributed by atoms with Crippen LogP contribution in [0.2, 0.25) is 0 Å². The predicted molar refractivity (Wildman–Crippen MR) is 68.3 cm³/mol. The molecule has 0 atom stereocenters. The molecule has 1 aromatic rings. The fourth-order valence-electron chi connectivity index (χ4n) is 1.80. The summed E-state index contributed by atoms with van der Waals surface area (Å²) in [6, 6.07) is 8.32. The highest BCUT2D eigenvalue weighted by atomic mass is 16.5. The Balaban J connectivity index is 2.66. The number of hydrogen-bond donors (Lipinski definition) is 1. The maximum absolute atomic E-state index is 6.02. The molecule has 90 valence electrons. The molecule has 1 rings (SSSR count). The molecule has 2 heteroatoms. The Labute approximate surface area is 98.8 Å². The first-order chi connectivity index (χ1) is 7.67. The summed E-state index contributed by atoms with van der Waals surface area (Å²) in [4.78, 5) is 0. The monoisotopic (exact) mass is 221 g/mol. The van der Waals surface area contributed by atoms with Crippen LogP contribution < -0.4 is 5.73 Å². The van der Waals surface area contributed by atoms with E-state index in [0.29, 0.717) is 13.2 Å². The Hall–Kier alpha value is -0.860. The van der Waals surface area contributed by atoms with E-state index in [-0.39, 0.29) is 5.60 Å². The molecule has 0 aliphatic heterocycles. The minimum atomic E-state index is -0.151. The first kappa shape index (κ1) is 13.2. The largest absolute Gasteiger partial charge is 0.369 e. The van der Waals surface area contributed by atoms with Gasteiger partial charge < -0.3 is 10.5 Å². The maximum atomic E-state index is 6.02. The SMILES string of the molecule is CCC(CC)(CN)OCc1ccccc1C. The van der Waals surface area contributed by atoms with Gasteiger partial charge in [0.2, 0.25) is 0 Å². The van der Waals surface area contributed by atoms with Gasteiger partial charge in [-0.15, -0.1) is 0 Å². The molecular formula is C14H23NO. The molecule has 0 unspecified atom stereocenters. The van der Waals surface area contributed by atoms with E-state index in [1.807, 2.05) is 6.07 Å². The van der Waals surface area contributed by atoms with Crippen molar-refractivity contribution < 1.29 is 4.74 Å². The minimum Gasteiger partial charge on any atom is -0.369 e. The van der Waals surface area contributed by atoms with Gasteiger partial charge in [0.15, 0.2) is 0 Å². The van der Waals surface area contributed by atoms with Crippen molar-refractivity contribution >= 4 is 0 Å². The second-order valence-electron chi connectivity index (χ2n) is 4.31. The average molecular weight is 221 g/mol. The van der Waals surface area contributed by atoms with Gasteiger partial charge in [-0.2, -0.15) is 0 Å². The third-order valence-corrected chi connectivity index (χ3v) is 3.46. The number of rotatable bonds is 6. The number of nitrogens with two attached hydrogens (primary N) is 1. The van der Waals surface area contributed by atoms with Crippen LogP contribution in [0.25, 0.3) is 0 Å². The summed E-state index contributed by atoms with van der Waals surface area (Å²) in [7, 11) is 0. The number of hydrogen-bond acceptors (Lipinski definition) is 2. The van der Waals surface area contributed by atoms with Gasteiger partial charge in [0.1, 0.15) is 0 Å². The van der Waals surface area contributed by atoms with Crippen molar-refractivity contribution in [2.24, 2.45) is 5.73 Å². The van der Waals surface area contributed by atoms with E-state index in [2.05, 4.69) is 39.0 Å². The Kier molecular flexibility index (Phi) is 4.97. The molecular weight excluding hydrogens is 198 g/mol. The summed E-state index contributed by atoms with van der Waals surface area (Å²) < 4.78 is 6.02. The first-order valence-electron chi connectivity index (χ1n) is 6.06. The first-order valence-corrected chi connectivity index (χ1v) is 6.06. The van der Waals surface area contributed by atoms with Crippen molar-refractivity contribution in [1.29, 1.82) is 0 Å². The van der Waals surface area contributed by atoms with Crippen LogP contribution in [0.1, 0.15) is 37.8 Å². The quantitative estimate of drug-likeness (QED) is 0.801. The van der Waals surface area contributed by atoms with Crippen LogP contribution >= 0.6 is 0 Å². The molecule has 16 heavy (non-hydrogen) atoms. The summed E-state index contributed by atoms with van der Waals surface area (Å²) in [6.45, 7) is 7.63. The van der Waals surface area contributed by atoms with Crippen LogP contribution in [0, 0.1) is 6.92 Å². The van der Waals surface area contributed by atoms with Gasteiger partial charge in [0.25, 0.3) is 0 Å². The van der Waals surface area contributed by atoms with Crippen molar-refractivity contribution in [3.05, 3.63) is 35.4 Å². The Morgan fingerprint density at radius 1 is 1.19 bits per heavy atom. The number of aryl methyl sites for hydroxylation is 1.